The van der Waals surface area contributed by atoms with E-state index in [9.17, 15) is 14.4 Å². The molecule has 0 aliphatic rings. The molecule has 0 N–H and O–H groups in total. The third-order valence-electron chi connectivity index (χ3n) is 4.44. The standard InChI is InChI=1S/C19H28O5Si/c1-6-23-18(21)17(19(22)24-7-2)16(13-14(3)20)25(4,5)15-11-9-8-10-12-15/h8-12,16-17H,6-7,13H2,1-5H3/t16-/m1/s1. The van der Waals surface area contributed by atoms with E-state index in [0.717, 1.165) is 5.19 Å². The van der Waals surface area contributed by atoms with E-state index >= 15 is 0 Å². The van der Waals surface area contributed by atoms with Gasteiger partial charge in [-0.25, -0.2) is 0 Å². The molecule has 25 heavy (non-hydrogen) atoms. The van der Waals surface area contributed by atoms with Gasteiger partial charge in [0.15, 0.2) is 5.92 Å². The van der Waals surface area contributed by atoms with Crippen LogP contribution in [0.4, 0.5) is 0 Å². The van der Waals surface area contributed by atoms with E-state index in [1.54, 1.807) is 13.8 Å². The van der Waals surface area contributed by atoms with Crippen molar-refractivity contribution in [2.45, 2.75) is 45.8 Å². The van der Waals surface area contributed by atoms with Crippen LogP contribution in [0.25, 0.3) is 0 Å². The van der Waals surface area contributed by atoms with E-state index < -0.39 is 31.5 Å². The Morgan fingerprint density at radius 3 is 1.84 bits per heavy atom. The molecule has 0 aliphatic heterocycles. The van der Waals surface area contributed by atoms with Crippen molar-refractivity contribution in [3.8, 4) is 0 Å². The summed E-state index contributed by atoms with van der Waals surface area (Å²) in [5.41, 5.74) is -0.425. The normalized spacial score (nSPS) is 12.6. The van der Waals surface area contributed by atoms with Crippen LogP contribution in [0, 0.1) is 5.92 Å². The summed E-state index contributed by atoms with van der Waals surface area (Å²) in [6.07, 6.45) is 0.149. The lowest BCUT2D eigenvalue weighted by Crippen LogP contribution is -2.52. The van der Waals surface area contributed by atoms with Gasteiger partial charge in [-0.05, 0) is 26.3 Å². The van der Waals surface area contributed by atoms with Gasteiger partial charge in [0.25, 0.3) is 0 Å². The number of ketones is 1. The minimum absolute atomic E-state index is 0.0555. The second kappa shape index (κ2) is 9.51. The molecule has 5 nitrogen and oxygen atoms in total. The number of rotatable bonds is 9. The highest BCUT2D eigenvalue weighted by atomic mass is 28.3. The Hall–Kier alpha value is -1.95. The van der Waals surface area contributed by atoms with E-state index in [2.05, 4.69) is 13.1 Å². The minimum Gasteiger partial charge on any atom is -0.465 e. The number of esters is 2. The monoisotopic (exact) mass is 364 g/mol. The largest absolute Gasteiger partial charge is 0.465 e. The van der Waals surface area contributed by atoms with Crippen LogP contribution in [0.2, 0.25) is 18.6 Å². The maximum absolute atomic E-state index is 12.5. The maximum atomic E-state index is 12.5. The number of carbonyl (C=O) groups is 3. The Labute approximate surface area is 150 Å². The molecule has 0 aliphatic carbocycles. The van der Waals surface area contributed by atoms with Gasteiger partial charge >= 0.3 is 11.9 Å². The van der Waals surface area contributed by atoms with Crippen molar-refractivity contribution < 1.29 is 23.9 Å². The Morgan fingerprint density at radius 1 is 0.960 bits per heavy atom. The average Bonchev–Trinajstić information content (AvgIpc) is 2.55. The molecule has 0 saturated heterocycles. The van der Waals surface area contributed by atoms with Gasteiger partial charge in [0, 0.05) is 6.42 Å². The van der Waals surface area contributed by atoms with Crippen LogP contribution < -0.4 is 5.19 Å². The van der Waals surface area contributed by atoms with E-state index in [4.69, 9.17) is 9.47 Å². The summed E-state index contributed by atoms with van der Waals surface area (Å²) in [6, 6.07) is 9.76. The van der Waals surface area contributed by atoms with Crippen LogP contribution in [0.15, 0.2) is 30.3 Å². The van der Waals surface area contributed by atoms with Crippen LogP contribution in [-0.4, -0.2) is 39.0 Å². The van der Waals surface area contributed by atoms with Gasteiger partial charge in [-0.1, -0.05) is 48.6 Å². The third kappa shape index (κ3) is 5.52. The first-order valence-electron chi connectivity index (χ1n) is 8.63. The molecule has 0 spiro atoms. The number of hydrogen-bond donors (Lipinski definition) is 0. The summed E-state index contributed by atoms with van der Waals surface area (Å²) in [7, 11) is -2.34. The summed E-state index contributed by atoms with van der Waals surface area (Å²) >= 11 is 0. The molecule has 1 rings (SSSR count). The van der Waals surface area contributed by atoms with Crippen LogP contribution in [0.1, 0.15) is 27.2 Å². The molecule has 1 aromatic rings. The third-order valence-corrected chi connectivity index (χ3v) is 8.65. The SMILES string of the molecule is CCOC(=O)C(C(=O)OCC)[C@@H](CC(C)=O)[Si](C)(C)c1ccccc1. The topological polar surface area (TPSA) is 69.7 Å². The van der Waals surface area contributed by atoms with Crippen LogP contribution in [-0.2, 0) is 23.9 Å². The fourth-order valence-corrected chi connectivity index (χ4v) is 6.45. The Bertz CT molecular complexity index is 579. The molecule has 0 bridgehead atoms. The fraction of sp³-hybridized carbons (Fsp3) is 0.526. The molecule has 6 heteroatoms. The van der Waals surface area contributed by atoms with Gasteiger partial charge in [0.05, 0.1) is 21.3 Å². The van der Waals surface area contributed by atoms with Crippen LogP contribution in [0.5, 0.6) is 0 Å². The molecule has 0 aromatic heterocycles. The number of Topliss-reactive ketones (excluding diaryl/α,β-unsaturated/α-hetero) is 1. The minimum atomic E-state index is -2.34. The highest BCUT2D eigenvalue weighted by Crippen LogP contribution is 2.35. The molecule has 0 saturated carbocycles. The van der Waals surface area contributed by atoms with Crippen molar-refractivity contribution in [3.63, 3.8) is 0 Å². The van der Waals surface area contributed by atoms with Crippen molar-refractivity contribution >= 4 is 31.0 Å². The van der Waals surface area contributed by atoms with E-state index in [1.165, 1.54) is 6.92 Å². The first kappa shape index (κ1) is 21.1. The molecule has 0 heterocycles. The average molecular weight is 365 g/mol. The molecule has 0 radical (unpaired) electrons. The van der Waals surface area contributed by atoms with Crippen molar-refractivity contribution in [1.82, 2.24) is 0 Å². The molecule has 138 valence electrons. The van der Waals surface area contributed by atoms with Crippen LogP contribution in [0.3, 0.4) is 0 Å². The quantitative estimate of drug-likeness (QED) is 0.383. The predicted molar refractivity (Wildman–Crippen MR) is 99.4 cm³/mol. The summed E-state index contributed by atoms with van der Waals surface area (Å²) in [6.45, 7) is 9.36. The Kier molecular flexibility index (Phi) is 8.02. The highest BCUT2D eigenvalue weighted by Gasteiger charge is 2.47. The van der Waals surface area contributed by atoms with Crippen LogP contribution >= 0.6 is 0 Å². The van der Waals surface area contributed by atoms with E-state index in [1.807, 2.05) is 30.3 Å². The summed E-state index contributed by atoms with van der Waals surface area (Å²) in [4.78, 5) is 37.0. The summed E-state index contributed by atoms with van der Waals surface area (Å²) < 4.78 is 10.3. The van der Waals surface area contributed by atoms with Gasteiger partial charge in [-0.15, -0.1) is 0 Å². The van der Waals surface area contributed by atoms with Gasteiger partial charge in [-0.3, -0.25) is 9.59 Å². The van der Waals surface area contributed by atoms with Gasteiger partial charge in [0.2, 0.25) is 0 Å². The first-order chi connectivity index (χ1) is 11.8. The first-order valence-corrected chi connectivity index (χ1v) is 11.7. The zero-order valence-electron chi connectivity index (χ0n) is 15.7. The van der Waals surface area contributed by atoms with Crippen molar-refractivity contribution in [2.75, 3.05) is 13.2 Å². The molecular formula is C19H28O5Si. The highest BCUT2D eigenvalue weighted by molar-refractivity contribution is 6.91. The second-order valence-electron chi connectivity index (χ2n) is 6.58. The number of ether oxygens (including phenoxy) is 2. The number of hydrogen-bond acceptors (Lipinski definition) is 5. The fourth-order valence-electron chi connectivity index (χ4n) is 3.07. The molecule has 0 unspecified atom stereocenters. The lowest BCUT2D eigenvalue weighted by molar-refractivity contribution is -0.161. The van der Waals surface area contributed by atoms with E-state index in [0.29, 0.717) is 0 Å². The Balaban J connectivity index is 3.38. The molecule has 0 fully saturated rings. The lowest BCUT2D eigenvalue weighted by atomic mass is 10.0. The van der Waals surface area contributed by atoms with Crippen molar-refractivity contribution in [1.29, 1.82) is 0 Å². The molecule has 1 atom stereocenters. The summed E-state index contributed by atoms with van der Waals surface area (Å²) in [5, 5.41) is 1.08. The summed E-state index contributed by atoms with van der Waals surface area (Å²) in [5.74, 6) is -2.35. The molecule has 1 aromatic carbocycles. The van der Waals surface area contributed by atoms with E-state index in [-0.39, 0.29) is 25.4 Å². The van der Waals surface area contributed by atoms with Crippen molar-refractivity contribution in [3.05, 3.63) is 30.3 Å². The second-order valence-corrected chi connectivity index (χ2v) is 11.3. The predicted octanol–water partition coefficient (Wildman–Crippen LogP) is 2.69. The van der Waals surface area contributed by atoms with Gasteiger partial charge < -0.3 is 14.3 Å². The lowest BCUT2D eigenvalue weighted by Gasteiger charge is -2.36. The number of benzene rings is 1. The van der Waals surface area contributed by atoms with Crippen molar-refractivity contribution in [2.24, 2.45) is 5.92 Å². The maximum Gasteiger partial charge on any atom is 0.320 e. The van der Waals surface area contributed by atoms with Gasteiger partial charge in [-0.2, -0.15) is 0 Å². The zero-order valence-corrected chi connectivity index (χ0v) is 16.7. The number of carbonyl (C=O) groups excluding carboxylic acids is 3. The molecular weight excluding hydrogens is 336 g/mol. The smallest absolute Gasteiger partial charge is 0.320 e. The zero-order chi connectivity index (χ0) is 19.0. The Morgan fingerprint density at radius 2 is 1.44 bits per heavy atom. The molecule has 0 amide bonds. The van der Waals surface area contributed by atoms with Gasteiger partial charge in [0.1, 0.15) is 5.78 Å².